The summed E-state index contributed by atoms with van der Waals surface area (Å²) in [6.45, 7) is 6.48. The Kier molecular flexibility index (Phi) is 8.89. The Balaban J connectivity index is 1.69. The fourth-order valence-electron chi connectivity index (χ4n) is 4.18. The number of urea groups is 1. The molecule has 0 aliphatic rings. The SMILES string of the molecule is CCNC(=O)NS(=O)(=O)c1sc(CC(C)C)cc1-c1ccc([14CH2]n2c(-c3ccccc3)nc(Cl)c2C=O)cc1. The van der Waals surface area contributed by atoms with Gasteiger partial charge in [-0.25, -0.2) is 22.9 Å². The molecule has 11 heteroatoms. The first-order chi connectivity index (χ1) is 18.6. The van der Waals surface area contributed by atoms with Crippen molar-refractivity contribution >= 4 is 45.3 Å². The van der Waals surface area contributed by atoms with Gasteiger partial charge in [0.05, 0.1) is 0 Å². The van der Waals surface area contributed by atoms with Crippen LogP contribution in [0.25, 0.3) is 22.5 Å². The van der Waals surface area contributed by atoms with Gasteiger partial charge in [-0.3, -0.25) is 4.79 Å². The molecule has 4 rings (SSSR count). The van der Waals surface area contributed by atoms with Gasteiger partial charge < -0.3 is 9.88 Å². The van der Waals surface area contributed by atoms with E-state index in [1.54, 1.807) is 11.5 Å². The van der Waals surface area contributed by atoms with Crippen molar-refractivity contribution in [1.29, 1.82) is 0 Å². The van der Waals surface area contributed by atoms with Gasteiger partial charge in [0, 0.05) is 29.1 Å². The molecule has 0 spiro atoms. The number of imidazole rings is 1. The number of carbonyl (C=O) groups excluding carboxylic acids is 2. The summed E-state index contributed by atoms with van der Waals surface area (Å²) in [6.07, 6.45) is 1.40. The molecule has 2 N–H and O–H groups in total. The van der Waals surface area contributed by atoms with Crippen molar-refractivity contribution < 1.29 is 18.0 Å². The average Bonchev–Trinajstić information content (AvgIpc) is 3.45. The highest BCUT2D eigenvalue weighted by Gasteiger charge is 2.26. The number of nitrogens with one attached hydrogen (secondary N) is 2. The molecule has 0 aliphatic heterocycles. The fraction of sp³-hybridized carbons (Fsp3) is 0.250. The van der Waals surface area contributed by atoms with Crippen LogP contribution >= 0.6 is 22.9 Å². The number of hydrogen-bond donors (Lipinski definition) is 2. The van der Waals surface area contributed by atoms with Crippen LogP contribution in [0, 0.1) is 5.92 Å². The van der Waals surface area contributed by atoms with Gasteiger partial charge in [-0.15, -0.1) is 11.3 Å². The third kappa shape index (κ3) is 6.58. The lowest BCUT2D eigenvalue weighted by Crippen LogP contribution is -2.39. The Morgan fingerprint density at radius 3 is 2.44 bits per heavy atom. The molecule has 2 heterocycles. The lowest BCUT2D eigenvalue weighted by Gasteiger charge is -2.11. The Morgan fingerprint density at radius 1 is 1.13 bits per heavy atom. The zero-order valence-corrected chi connectivity index (χ0v) is 24.2. The highest BCUT2D eigenvalue weighted by molar-refractivity contribution is 7.92. The molecule has 2 aromatic heterocycles. The van der Waals surface area contributed by atoms with E-state index in [1.807, 2.05) is 60.7 Å². The van der Waals surface area contributed by atoms with Crippen molar-refractivity contribution in [3.05, 3.63) is 82.0 Å². The van der Waals surface area contributed by atoms with Gasteiger partial charge in [-0.05, 0) is 36.5 Å². The summed E-state index contributed by atoms with van der Waals surface area (Å²) in [7, 11) is -4.09. The number of halogens is 1. The first-order valence-electron chi connectivity index (χ1n) is 12.4. The van der Waals surface area contributed by atoms with Gasteiger partial charge in [0.2, 0.25) is 0 Å². The second-order valence-electron chi connectivity index (χ2n) is 9.36. The third-order valence-electron chi connectivity index (χ3n) is 5.88. The Morgan fingerprint density at radius 2 is 1.82 bits per heavy atom. The maximum Gasteiger partial charge on any atom is 0.328 e. The molecule has 204 valence electrons. The quantitative estimate of drug-likeness (QED) is 0.221. The molecule has 39 heavy (non-hydrogen) atoms. The number of aldehydes is 1. The number of amides is 2. The molecule has 0 saturated heterocycles. The molecule has 0 aliphatic carbocycles. The van der Waals surface area contributed by atoms with Crippen LogP contribution in [0.5, 0.6) is 0 Å². The smallest absolute Gasteiger partial charge is 0.328 e. The summed E-state index contributed by atoms with van der Waals surface area (Å²) >= 11 is 7.44. The van der Waals surface area contributed by atoms with Gasteiger partial charge in [0.15, 0.2) is 11.4 Å². The molecule has 0 radical (unpaired) electrons. The van der Waals surface area contributed by atoms with Crippen LogP contribution in [0.1, 0.15) is 41.7 Å². The van der Waals surface area contributed by atoms with E-state index in [1.165, 1.54) is 11.3 Å². The van der Waals surface area contributed by atoms with Gasteiger partial charge >= 0.3 is 6.03 Å². The molecule has 4 aromatic rings. The summed E-state index contributed by atoms with van der Waals surface area (Å²) in [5, 5.41) is 2.59. The van der Waals surface area contributed by atoms with E-state index >= 15 is 0 Å². The minimum absolute atomic E-state index is 0.0909. The van der Waals surface area contributed by atoms with Crippen LogP contribution in [0.15, 0.2) is 64.9 Å². The number of hydrogen-bond acceptors (Lipinski definition) is 6. The Hall–Kier alpha value is -3.47. The van der Waals surface area contributed by atoms with Crippen LogP contribution in [0.4, 0.5) is 4.79 Å². The first-order valence-corrected chi connectivity index (χ1v) is 15.1. The fourth-order valence-corrected chi connectivity index (χ4v) is 7.29. The van der Waals surface area contributed by atoms with Crippen LogP contribution < -0.4 is 10.0 Å². The molecular formula is C28H29ClN4O4S2. The normalized spacial score (nSPS) is 11.5. The molecule has 2 aromatic carbocycles. The predicted molar refractivity (Wildman–Crippen MR) is 155 cm³/mol. The molecule has 0 bridgehead atoms. The number of thiophene rings is 1. The largest absolute Gasteiger partial charge is 0.338 e. The topological polar surface area (TPSA) is 110 Å². The monoisotopic (exact) mass is 586 g/mol. The summed E-state index contributed by atoms with van der Waals surface area (Å²) < 4.78 is 30.3. The molecule has 8 nitrogen and oxygen atoms in total. The van der Waals surface area contributed by atoms with E-state index in [2.05, 4.69) is 28.9 Å². The van der Waals surface area contributed by atoms with Crippen molar-refractivity contribution in [1.82, 2.24) is 19.6 Å². The van der Waals surface area contributed by atoms with Crippen molar-refractivity contribution in [3.63, 3.8) is 0 Å². The van der Waals surface area contributed by atoms with E-state index in [-0.39, 0.29) is 15.1 Å². The lowest BCUT2D eigenvalue weighted by atomic mass is 10.1. The summed E-state index contributed by atoms with van der Waals surface area (Å²) in [5.41, 5.74) is 3.21. The molecule has 0 atom stereocenters. The van der Waals surface area contributed by atoms with Crippen molar-refractivity contribution in [3.8, 4) is 22.5 Å². The van der Waals surface area contributed by atoms with E-state index in [0.29, 0.717) is 48.7 Å². The van der Waals surface area contributed by atoms with Gasteiger partial charge in [-0.1, -0.05) is 80.0 Å². The number of aromatic nitrogens is 2. The van der Waals surface area contributed by atoms with Crippen molar-refractivity contribution in [2.45, 2.75) is 37.9 Å². The average molecular weight is 587 g/mol. The van der Waals surface area contributed by atoms with E-state index in [0.717, 1.165) is 16.0 Å². The van der Waals surface area contributed by atoms with Crippen LogP contribution in [-0.4, -0.2) is 36.8 Å². The minimum Gasteiger partial charge on any atom is -0.338 e. The minimum atomic E-state index is -4.09. The summed E-state index contributed by atoms with van der Waals surface area (Å²) in [6, 6.07) is 18.0. The van der Waals surface area contributed by atoms with Crippen molar-refractivity contribution in [2.24, 2.45) is 5.92 Å². The number of rotatable bonds is 10. The maximum atomic E-state index is 13.1. The number of carbonyl (C=O) groups is 2. The van der Waals surface area contributed by atoms with Crippen molar-refractivity contribution in [2.75, 3.05) is 6.54 Å². The first kappa shape index (κ1) is 28.5. The summed E-state index contributed by atoms with van der Waals surface area (Å²) in [4.78, 5) is 29.2. The predicted octanol–water partition coefficient (Wildman–Crippen LogP) is 6.00. The van der Waals surface area contributed by atoms with E-state index in [9.17, 15) is 18.0 Å². The zero-order valence-electron chi connectivity index (χ0n) is 21.8. The molecule has 2 amide bonds. The van der Waals surface area contributed by atoms with Crippen LogP contribution in [-0.2, 0) is 23.0 Å². The van der Waals surface area contributed by atoms with Gasteiger partial charge in [-0.2, -0.15) is 0 Å². The molecular weight excluding hydrogens is 558 g/mol. The molecule has 0 saturated carbocycles. The highest BCUT2D eigenvalue weighted by Crippen LogP contribution is 2.36. The molecule has 0 fully saturated rings. The Labute approximate surface area is 237 Å². The number of nitrogens with zero attached hydrogens (tertiary/aromatic N) is 2. The van der Waals surface area contributed by atoms with Gasteiger partial charge in [0.1, 0.15) is 15.7 Å². The second kappa shape index (κ2) is 12.1. The van der Waals surface area contributed by atoms with Gasteiger partial charge in [0.25, 0.3) is 10.0 Å². The van der Waals surface area contributed by atoms with E-state index < -0.39 is 16.1 Å². The zero-order chi connectivity index (χ0) is 28.2. The molecule has 0 unspecified atom stereocenters. The highest BCUT2D eigenvalue weighted by atomic mass is 35.5. The standard InChI is InChI=1S/C28H29ClN4O4S2/c1-4-30-28(35)32-39(36,37)27-23(15-22(38-27)14-18(2)3)20-12-10-19(11-13-20)16-33-24(17-34)25(29)31-26(33)21-8-6-5-7-9-21/h5-13,15,17-18H,4,14,16H2,1-3H3,(H2,30,32,35)/i16+2. The van der Waals surface area contributed by atoms with Crippen LogP contribution in [0.2, 0.25) is 5.15 Å². The number of benzene rings is 2. The lowest BCUT2D eigenvalue weighted by molar-refractivity contribution is 0.111. The summed E-state index contributed by atoms with van der Waals surface area (Å²) in [5.74, 6) is 0.909. The number of sulfonamides is 1. The second-order valence-corrected chi connectivity index (χ2v) is 12.7. The van der Waals surface area contributed by atoms with Crippen LogP contribution in [0.3, 0.4) is 0 Å². The Bertz CT molecular complexity index is 1580. The third-order valence-corrected chi connectivity index (χ3v) is 9.18. The van der Waals surface area contributed by atoms with E-state index in [4.69, 9.17) is 11.6 Å². The maximum absolute atomic E-state index is 13.1.